The fourth-order valence-electron chi connectivity index (χ4n) is 9.88. The van der Waals surface area contributed by atoms with Crippen molar-refractivity contribution in [3.63, 3.8) is 0 Å². The number of aliphatic hydroxyl groups excluding tert-OH is 1. The van der Waals surface area contributed by atoms with E-state index in [4.69, 9.17) is 37.0 Å². The number of unbranched alkanes of at least 4 members (excludes halogenated alkanes) is 35. The van der Waals surface area contributed by atoms with Crippen LogP contribution < -0.4 is 0 Å². The summed E-state index contributed by atoms with van der Waals surface area (Å²) in [7, 11) is -9.89. The molecule has 85 heavy (non-hydrogen) atoms. The van der Waals surface area contributed by atoms with Crippen LogP contribution >= 0.6 is 15.6 Å². The highest BCUT2D eigenvalue weighted by molar-refractivity contribution is 7.47. The quantitative estimate of drug-likeness (QED) is 0.0222. The molecule has 504 valence electrons. The van der Waals surface area contributed by atoms with E-state index in [0.29, 0.717) is 25.7 Å². The number of rotatable bonds is 65. The van der Waals surface area contributed by atoms with Gasteiger partial charge in [-0.25, -0.2) is 9.13 Å². The molecule has 5 atom stereocenters. The molecule has 0 radical (unpaired) electrons. The third-order valence-corrected chi connectivity index (χ3v) is 17.1. The lowest BCUT2D eigenvalue weighted by Crippen LogP contribution is -2.30. The van der Waals surface area contributed by atoms with Gasteiger partial charge in [-0.1, -0.05) is 279 Å². The maximum Gasteiger partial charge on any atom is 0.472 e. The molecule has 0 aromatic rings. The summed E-state index contributed by atoms with van der Waals surface area (Å²) in [6, 6.07) is 0. The molecule has 19 heteroatoms. The highest BCUT2D eigenvalue weighted by Gasteiger charge is 2.30. The third kappa shape index (κ3) is 60.7. The van der Waals surface area contributed by atoms with Crippen LogP contribution in [0.4, 0.5) is 0 Å². The number of carbonyl (C=O) groups is 4. The molecule has 0 saturated carbocycles. The highest BCUT2D eigenvalue weighted by atomic mass is 31.2. The van der Waals surface area contributed by atoms with Crippen LogP contribution in [0.5, 0.6) is 0 Å². The van der Waals surface area contributed by atoms with Gasteiger partial charge in [0.15, 0.2) is 12.2 Å². The van der Waals surface area contributed by atoms with Crippen molar-refractivity contribution in [2.24, 2.45) is 11.8 Å². The van der Waals surface area contributed by atoms with Crippen LogP contribution in [-0.4, -0.2) is 96.7 Å². The standard InChI is InChI=1S/C66H128O17P2/c1-7-9-11-13-15-17-25-32-38-44-50-65(70)82-61(54-76-63(68)48-42-36-30-22-16-14-12-10-8-2)56-80-84(72,73)78-52-60(67)53-79-85(74,75)81-57-62(83-66(71)51-45-39-33-27-21-19-24-29-35-41-47-59(5)6)55-77-64(69)49-43-37-31-26-20-18-23-28-34-40-46-58(3)4/h58-62,67H,7-57H2,1-6H3,(H,72,73)(H,74,75)/t60-,61+,62+/m0/s1. The molecular weight excluding hydrogens is 1130 g/mol. The lowest BCUT2D eigenvalue weighted by molar-refractivity contribution is -0.161. The van der Waals surface area contributed by atoms with Crippen molar-refractivity contribution in [2.45, 2.75) is 349 Å². The van der Waals surface area contributed by atoms with Crippen molar-refractivity contribution < 1.29 is 80.2 Å². The summed E-state index contributed by atoms with van der Waals surface area (Å²) in [4.78, 5) is 72.3. The monoisotopic (exact) mass is 1250 g/mol. The van der Waals surface area contributed by atoms with Crippen LogP contribution in [0.2, 0.25) is 0 Å². The maximum absolute atomic E-state index is 13.0. The number of hydrogen-bond donors (Lipinski definition) is 3. The van der Waals surface area contributed by atoms with Crippen molar-refractivity contribution in [2.75, 3.05) is 39.6 Å². The van der Waals surface area contributed by atoms with Crippen LogP contribution in [-0.2, 0) is 65.4 Å². The van der Waals surface area contributed by atoms with Crippen LogP contribution in [0.3, 0.4) is 0 Å². The average molecular weight is 1260 g/mol. The molecule has 0 saturated heterocycles. The molecule has 17 nitrogen and oxygen atoms in total. The van der Waals surface area contributed by atoms with Crippen molar-refractivity contribution in [3.05, 3.63) is 0 Å². The van der Waals surface area contributed by atoms with Crippen molar-refractivity contribution in [3.8, 4) is 0 Å². The predicted octanol–water partition coefficient (Wildman–Crippen LogP) is 18.4. The van der Waals surface area contributed by atoms with E-state index in [1.165, 1.54) is 148 Å². The summed E-state index contributed by atoms with van der Waals surface area (Å²) >= 11 is 0. The first-order valence-electron chi connectivity index (χ1n) is 34.5. The van der Waals surface area contributed by atoms with Crippen LogP contribution in [0, 0.1) is 11.8 Å². The lowest BCUT2D eigenvalue weighted by atomic mass is 10.0. The number of esters is 4. The zero-order valence-corrected chi connectivity index (χ0v) is 56.7. The van der Waals surface area contributed by atoms with Crippen LogP contribution in [0.1, 0.15) is 330 Å². The van der Waals surface area contributed by atoms with Gasteiger partial charge in [-0.15, -0.1) is 0 Å². The fourth-order valence-corrected chi connectivity index (χ4v) is 11.5. The Labute approximate surface area is 517 Å². The molecule has 0 aliphatic rings. The molecule has 0 spiro atoms. The smallest absolute Gasteiger partial charge is 0.462 e. The summed E-state index contributed by atoms with van der Waals surface area (Å²) in [5.41, 5.74) is 0. The Morgan fingerprint density at radius 1 is 0.318 bits per heavy atom. The van der Waals surface area contributed by atoms with Gasteiger partial charge in [0.1, 0.15) is 19.3 Å². The van der Waals surface area contributed by atoms with E-state index in [9.17, 15) is 43.2 Å². The number of aliphatic hydroxyl groups is 1. The van der Waals surface area contributed by atoms with E-state index in [-0.39, 0.29) is 25.7 Å². The molecule has 0 aliphatic carbocycles. The molecule has 2 unspecified atom stereocenters. The molecule has 3 N–H and O–H groups in total. The second-order valence-corrected chi connectivity index (χ2v) is 27.7. The molecular formula is C66H128O17P2. The SMILES string of the molecule is CCCCCCCCCCCCC(=O)O[C@H](COC(=O)CCCCCCCCCCC)COP(=O)(O)OC[C@H](O)COP(=O)(O)OC[C@@H](COC(=O)CCCCCCCCCCCCC(C)C)OC(=O)CCCCCCCCCCCCC(C)C. The van der Waals surface area contributed by atoms with Crippen LogP contribution in [0.15, 0.2) is 0 Å². The van der Waals surface area contributed by atoms with E-state index in [1.807, 2.05) is 0 Å². The number of phosphoric ester groups is 2. The minimum absolute atomic E-state index is 0.106. The summed E-state index contributed by atoms with van der Waals surface area (Å²) in [5, 5.41) is 10.5. The normalized spacial score (nSPS) is 14.2. The minimum atomic E-state index is -4.95. The Bertz CT molecular complexity index is 1670. The van der Waals surface area contributed by atoms with E-state index >= 15 is 0 Å². The Morgan fingerprint density at radius 3 is 0.800 bits per heavy atom. The van der Waals surface area contributed by atoms with Gasteiger partial charge in [-0.3, -0.25) is 37.3 Å². The Kier molecular flexibility index (Phi) is 57.1. The number of hydrogen-bond acceptors (Lipinski definition) is 15. The first-order valence-corrected chi connectivity index (χ1v) is 37.5. The largest absolute Gasteiger partial charge is 0.472 e. The molecule has 0 aliphatic heterocycles. The van der Waals surface area contributed by atoms with Gasteiger partial charge in [-0.05, 0) is 37.5 Å². The zero-order valence-electron chi connectivity index (χ0n) is 54.9. The first kappa shape index (κ1) is 83.1. The number of phosphoric acid groups is 2. The summed E-state index contributed by atoms with van der Waals surface area (Å²) in [6.07, 6.45) is 41.6. The van der Waals surface area contributed by atoms with Crippen molar-refractivity contribution in [1.82, 2.24) is 0 Å². The lowest BCUT2D eigenvalue weighted by Gasteiger charge is -2.21. The van der Waals surface area contributed by atoms with Gasteiger partial charge in [0.2, 0.25) is 0 Å². The minimum Gasteiger partial charge on any atom is -0.462 e. The first-order chi connectivity index (χ1) is 40.9. The molecule has 0 rings (SSSR count). The Hall–Kier alpha value is -1.94. The van der Waals surface area contributed by atoms with Gasteiger partial charge in [-0.2, -0.15) is 0 Å². The van der Waals surface area contributed by atoms with Gasteiger partial charge < -0.3 is 33.8 Å². The van der Waals surface area contributed by atoms with E-state index in [2.05, 4.69) is 41.5 Å². The average Bonchev–Trinajstić information content (AvgIpc) is 3.61. The summed E-state index contributed by atoms with van der Waals surface area (Å²) in [5.74, 6) is -0.620. The predicted molar refractivity (Wildman–Crippen MR) is 340 cm³/mol. The molecule has 0 aromatic heterocycles. The van der Waals surface area contributed by atoms with E-state index < -0.39 is 97.5 Å². The fraction of sp³-hybridized carbons (Fsp3) is 0.939. The highest BCUT2D eigenvalue weighted by Crippen LogP contribution is 2.45. The molecule has 0 heterocycles. The van der Waals surface area contributed by atoms with E-state index in [1.54, 1.807) is 0 Å². The molecule has 0 amide bonds. The molecule has 0 bridgehead atoms. The topological polar surface area (TPSA) is 237 Å². The number of ether oxygens (including phenoxy) is 4. The van der Waals surface area contributed by atoms with Gasteiger partial charge >= 0.3 is 39.5 Å². The molecule has 0 fully saturated rings. The van der Waals surface area contributed by atoms with Crippen molar-refractivity contribution in [1.29, 1.82) is 0 Å². The van der Waals surface area contributed by atoms with Crippen molar-refractivity contribution >= 4 is 39.5 Å². The van der Waals surface area contributed by atoms with Gasteiger partial charge in [0.25, 0.3) is 0 Å². The second kappa shape index (κ2) is 58.4. The Morgan fingerprint density at radius 2 is 0.541 bits per heavy atom. The Balaban J connectivity index is 5.24. The van der Waals surface area contributed by atoms with Crippen LogP contribution in [0.25, 0.3) is 0 Å². The number of carbonyl (C=O) groups excluding carboxylic acids is 4. The van der Waals surface area contributed by atoms with Gasteiger partial charge in [0.05, 0.1) is 26.4 Å². The van der Waals surface area contributed by atoms with Gasteiger partial charge in [0, 0.05) is 25.7 Å². The summed E-state index contributed by atoms with van der Waals surface area (Å²) in [6.45, 7) is 9.48. The third-order valence-electron chi connectivity index (χ3n) is 15.2. The molecule has 0 aromatic carbocycles. The second-order valence-electron chi connectivity index (χ2n) is 24.8. The zero-order chi connectivity index (χ0) is 62.9. The maximum atomic E-state index is 13.0. The summed E-state index contributed by atoms with van der Waals surface area (Å²) < 4.78 is 68.1. The van der Waals surface area contributed by atoms with E-state index in [0.717, 1.165) is 102 Å².